The summed E-state index contributed by atoms with van der Waals surface area (Å²) in [5.41, 5.74) is 4.41. The number of hydrogen-bond acceptors (Lipinski definition) is 21. The molecule has 1 fully saturated rings. The van der Waals surface area contributed by atoms with Gasteiger partial charge < -0.3 is 93.2 Å². The van der Waals surface area contributed by atoms with Crippen LogP contribution in [-0.2, 0) is 75.2 Å². The maximum Gasteiger partial charge on any atom is 0.336 e. The minimum atomic E-state index is -2.03. The zero-order valence-electron chi connectivity index (χ0n) is 58.2. The predicted molar refractivity (Wildman–Crippen MR) is 381 cm³/mol. The number of nitrogens with zero attached hydrogens (tertiary/aromatic N) is 1. The number of carbonyl (C=O) groups is 15. The van der Waals surface area contributed by atoms with Gasteiger partial charge in [0, 0.05) is 85.0 Å². The maximum atomic E-state index is 14.9. The van der Waals surface area contributed by atoms with Gasteiger partial charge in [-0.3, -0.25) is 47.9 Å². The van der Waals surface area contributed by atoms with E-state index in [1.165, 1.54) is 0 Å². The predicted octanol–water partition coefficient (Wildman–Crippen LogP) is 1.96. The summed E-state index contributed by atoms with van der Waals surface area (Å²) in [5, 5.41) is 86.4. The molecule has 109 heavy (non-hydrogen) atoms. The summed E-state index contributed by atoms with van der Waals surface area (Å²) in [7, 11) is 0. The molecule has 7 rings (SSSR count). The molecule has 9 amide bonds. The number of fused-ring (bicyclic) bond motifs is 2. The van der Waals surface area contributed by atoms with Gasteiger partial charge in [0.05, 0.1) is 22.9 Å². The highest BCUT2D eigenvalue weighted by Gasteiger charge is 2.42. The number of imide groups is 1. The third-order valence-corrected chi connectivity index (χ3v) is 18.8. The van der Waals surface area contributed by atoms with Crippen LogP contribution in [0.3, 0.4) is 0 Å². The number of amides is 9. The second-order valence-electron chi connectivity index (χ2n) is 25.8. The number of urea groups is 1. The number of phenols is 1. The number of thioether (sulfide) groups is 1. The molecule has 0 bridgehead atoms. The van der Waals surface area contributed by atoms with Crippen molar-refractivity contribution in [3.8, 4) is 28.2 Å². The van der Waals surface area contributed by atoms with Gasteiger partial charge in [0.2, 0.25) is 46.8 Å². The van der Waals surface area contributed by atoms with Crippen LogP contribution >= 0.6 is 11.8 Å². The summed E-state index contributed by atoms with van der Waals surface area (Å²) in [6, 6.07) is 10.2. The van der Waals surface area contributed by atoms with Gasteiger partial charge in [-0.1, -0.05) is 80.6 Å². The maximum absolute atomic E-state index is 14.9. The van der Waals surface area contributed by atoms with Gasteiger partial charge in [-0.2, -0.15) is 0 Å². The Labute approximate surface area is 621 Å². The summed E-state index contributed by atoms with van der Waals surface area (Å²) < 4.78 is 35.4. The molecule has 34 nitrogen and oxygen atoms in total. The van der Waals surface area contributed by atoms with Crippen LogP contribution in [0, 0.1) is 29.4 Å². The van der Waals surface area contributed by atoms with Crippen LogP contribution < -0.4 is 58.6 Å². The highest BCUT2D eigenvalue weighted by Crippen LogP contribution is 2.44. The zero-order valence-corrected chi connectivity index (χ0v) is 59.0. The largest absolute Gasteiger partial charge is 0.505 e. The first-order valence-electron chi connectivity index (χ1n) is 33.8. The molecular formula is C72H78F2N10O24S. The van der Waals surface area contributed by atoms with Gasteiger partial charge >= 0.3 is 41.8 Å². The molecule has 0 radical (unpaired) electrons. The van der Waals surface area contributed by atoms with E-state index in [1.54, 1.807) is 67.6 Å². The third kappa shape index (κ3) is 23.6. The SMILES string of the molecule is CC(CCNCC(C=O)C[C@H](NC(=O)N[C@@H](CCC(=O)O)C(=O)O)C(=O)O)CC(C)C(=O)N[C@@H](Cc1ccccc1)C(=O)NC(Cc1ccccc1)C(=O)NC[C@H](N)C(=O)N[C@@H](CC(=O)O)C(=O)N[C@@H](CSC1CC(=O)N(c2ccc(-c3c4cc(F)c(=O)cc-4oc4cc(O)c(F)cc34)c(C(=O)O)c2)C1=O)C(=O)O. The quantitative estimate of drug-likeness (QED) is 0.0113. The number of aldehydes is 1. The van der Waals surface area contributed by atoms with Crippen molar-refractivity contribution in [2.24, 2.45) is 23.5 Å². The number of carboxylic acids is 6. The highest BCUT2D eigenvalue weighted by atomic mass is 32.2. The number of aliphatic carboxylic acids is 5. The fourth-order valence-corrected chi connectivity index (χ4v) is 12.9. The molecule has 580 valence electrons. The number of hydrogen-bond donors (Lipinski definition) is 16. The topological polar surface area (TPSA) is 553 Å². The Bertz CT molecular complexity index is 4480. The van der Waals surface area contributed by atoms with Crippen LogP contribution in [0.4, 0.5) is 19.3 Å². The molecule has 0 saturated carbocycles. The van der Waals surface area contributed by atoms with E-state index in [0.717, 1.165) is 42.5 Å². The third-order valence-electron chi connectivity index (χ3n) is 17.5. The first-order valence-corrected chi connectivity index (χ1v) is 34.8. The summed E-state index contributed by atoms with van der Waals surface area (Å²) in [5.74, 6) is -22.4. The Morgan fingerprint density at radius 3 is 1.81 bits per heavy atom. The lowest BCUT2D eigenvalue weighted by molar-refractivity contribution is -0.143. The van der Waals surface area contributed by atoms with Crippen molar-refractivity contribution in [2.45, 2.75) is 119 Å². The summed E-state index contributed by atoms with van der Waals surface area (Å²) in [6.07, 6.45) is -2.27. The van der Waals surface area contributed by atoms with E-state index in [1.807, 2.05) is 12.2 Å². The lowest BCUT2D eigenvalue weighted by Gasteiger charge is -2.26. The first-order chi connectivity index (χ1) is 51.6. The van der Waals surface area contributed by atoms with Crippen molar-refractivity contribution in [1.82, 2.24) is 42.5 Å². The Hall–Kier alpha value is -12.3. The fraction of sp³-hybridized carbons (Fsp3) is 0.361. The molecule has 1 saturated heterocycles. The molecule has 4 aromatic rings. The van der Waals surface area contributed by atoms with Gasteiger partial charge in [-0.15, -0.1) is 11.8 Å². The van der Waals surface area contributed by atoms with Gasteiger partial charge in [-0.25, -0.2) is 37.7 Å². The Kier molecular flexibility index (Phi) is 29.9. The van der Waals surface area contributed by atoms with E-state index in [2.05, 4.69) is 37.2 Å². The number of aromatic hydroxyl groups is 1. The standard InChI is InChI=1S/C72H78F2N10O24S/c1-34(17-18-76-30-38(32-85)22-51(70(103)104)83-72(107)82-47(69(101)102)15-16-59(89)90)19-35(2)62(93)78-49(21-37-11-7-4-8-12-37)65(96)80-48(20-36-9-5-3-6-10-36)64(95)77-31-46(75)63(94)79-50(26-60(91)92)66(97)81-52(71(105)106)33-109-57-29-58(88)84(67(57)98)39-13-14-40(41(23-39)68(99)100)61-42-24-44(73)53(86)27-55(42)108-56-28-54(87)45(74)25-43(56)61/h3-14,23-25,27-28,32,34-35,38,46-52,57,76,86H,15-22,26,29-31,33,75H2,1-2H3,(H,77,95)(H,78,93)(H,79,94)(H,80,96)(H,81,97)(H,89,90)(H,91,92)(H,99,100)(H,101,102)(H,103,104)(H,105,106)(H2,82,83,107)/t34?,35?,38?,46-,47-,48?,49-,50-,51-,52-,57?/m0/s1. The molecule has 37 heteroatoms. The molecular weight excluding hydrogens is 1460 g/mol. The van der Waals surface area contributed by atoms with Crippen LogP contribution in [0.2, 0.25) is 0 Å². The van der Waals surface area contributed by atoms with Crippen molar-refractivity contribution in [3.63, 3.8) is 0 Å². The van der Waals surface area contributed by atoms with E-state index in [4.69, 9.17) is 15.3 Å². The second kappa shape index (κ2) is 38.8. The highest BCUT2D eigenvalue weighted by molar-refractivity contribution is 8.00. The molecule has 0 aromatic heterocycles. The average Bonchev–Trinajstić information content (AvgIpc) is 1.04. The van der Waals surface area contributed by atoms with Gasteiger partial charge in [0.25, 0.3) is 0 Å². The zero-order chi connectivity index (χ0) is 80.1. The molecule has 2 aliphatic heterocycles. The van der Waals surface area contributed by atoms with Crippen LogP contribution in [0.1, 0.15) is 80.3 Å². The number of aromatic carboxylic acids is 1. The molecule has 2 heterocycles. The van der Waals surface area contributed by atoms with Gasteiger partial charge in [0.15, 0.2) is 17.4 Å². The molecule has 5 unspecified atom stereocenters. The first kappa shape index (κ1) is 84.0. The normalized spacial score (nSPS) is 15.5. The fourth-order valence-electron chi connectivity index (χ4n) is 11.8. The molecule has 3 aliphatic rings. The van der Waals surface area contributed by atoms with E-state index in [0.29, 0.717) is 40.5 Å². The number of anilines is 1. The summed E-state index contributed by atoms with van der Waals surface area (Å²) in [4.78, 5) is 207. The lowest BCUT2D eigenvalue weighted by Crippen LogP contribution is -2.59. The number of nitrogens with two attached hydrogens (primary N) is 1. The number of nitrogens with one attached hydrogen (secondary N) is 8. The Balaban J connectivity index is 0.945. The van der Waals surface area contributed by atoms with Crippen LogP contribution in [0.15, 0.2) is 112 Å². The Morgan fingerprint density at radius 1 is 0.624 bits per heavy atom. The molecule has 17 N–H and O–H groups in total. The van der Waals surface area contributed by atoms with Crippen molar-refractivity contribution in [2.75, 3.05) is 30.3 Å². The summed E-state index contributed by atoms with van der Waals surface area (Å²) in [6.45, 7) is 2.98. The number of halogens is 2. The molecule has 1 aliphatic carbocycles. The minimum absolute atomic E-state index is 0.0428. The van der Waals surface area contributed by atoms with Gasteiger partial charge in [-0.05, 0) is 79.1 Å². The smallest absolute Gasteiger partial charge is 0.336 e. The van der Waals surface area contributed by atoms with Crippen molar-refractivity contribution in [3.05, 3.63) is 142 Å². The van der Waals surface area contributed by atoms with E-state index in [9.17, 15) is 116 Å². The van der Waals surface area contributed by atoms with Crippen molar-refractivity contribution in [1.29, 1.82) is 0 Å². The number of carboxylic acid groups (broad SMARTS) is 6. The lowest BCUT2D eigenvalue weighted by atomic mass is 9.90. The van der Waals surface area contributed by atoms with Crippen LogP contribution in [-0.4, -0.2) is 198 Å². The monoisotopic (exact) mass is 1540 g/mol. The van der Waals surface area contributed by atoms with Crippen molar-refractivity contribution < 1.29 is 121 Å². The van der Waals surface area contributed by atoms with E-state index >= 15 is 0 Å². The van der Waals surface area contributed by atoms with Gasteiger partial charge in [0.1, 0.15) is 59.9 Å². The van der Waals surface area contributed by atoms with Crippen molar-refractivity contribution >= 4 is 118 Å². The number of carbonyl (C=O) groups excluding carboxylic acids is 9. The minimum Gasteiger partial charge on any atom is -0.505 e. The average molecular weight is 1540 g/mol. The van der Waals surface area contributed by atoms with Crippen LogP contribution in [0.5, 0.6) is 5.75 Å². The molecule has 11 atom stereocenters. The number of rotatable bonds is 41. The molecule has 0 spiro atoms. The van der Waals surface area contributed by atoms with E-state index < -0.39 is 215 Å². The second-order valence-corrected chi connectivity index (χ2v) is 27.0. The summed E-state index contributed by atoms with van der Waals surface area (Å²) >= 11 is 0.563. The number of benzene rings is 5. The molecule has 4 aromatic carbocycles. The van der Waals surface area contributed by atoms with Crippen LogP contribution in [0.25, 0.3) is 33.4 Å². The number of phenolic OH excluding ortho intramolecular Hbond substituents is 1. The Morgan fingerprint density at radius 2 is 1.21 bits per heavy atom. The van der Waals surface area contributed by atoms with E-state index in [-0.39, 0.29) is 77.4 Å².